The average molecular weight is 156 g/mol. The summed E-state index contributed by atoms with van der Waals surface area (Å²) in [5.74, 6) is 0.285. The van der Waals surface area contributed by atoms with Crippen LogP contribution in [0.2, 0.25) is 0 Å². The van der Waals surface area contributed by atoms with Gasteiger partial charge in [0.1, 0.15) is 6.10 Å². The van der Waals surface area contributed by atoms with Crippen molar-refractivity contribution in [3.8, 4) is 0 Å². The molecule has 0 heterocycles. The molecule has 0 aromatic carbocycles. The molecule has 0 aliphatic heterocycles. The lowest BCUT2D eigenvalue weighted by Gasteiger charge is -2.14. The van der Waals surface area contributed by atoms with Gasteiger partial charge in [-0.25, -0.2) is 0 Å². The average Bonchev–Trinajstić information content (AvgIpc) is 1.84. The van der Waals surface area contributed by atoms with Crippen molar-refractivity contribution in [1.29, 1.82) is 0 Å². The van der Waals surface area contributed by atoms with E-state index in [1.807, 2.05) is 0 Å². The van der Waals surface area contributed by atoms with Gasteiger partial charge in [0.25, 0.3) is 0 Å². The standard InChI is InChI=1S/C9H16O2/c1-5-9(6-7(2)3)11-8(4)10/h5,7,9H,1,6H2,2-4H3/t9-/m0/s1. The molecule has 0 aliphatic carbocycles. The van der Waals surface area contributed by atoms with E-state index in [4.69, 9.17) is 4.74 Å². The fourth-order valence-corrected chi connectivity index (χ4v) is 0.870. The Balaban J connectivity index is 3.76. The zero-order chi connectivity index (χ0) is 8.85. The molecule has 0 spiro atoms. The van der Waals surface area contributed by atoms with Gasteiger partial charge in [-0.05, 0) is 12.3 Å². The zero-order valence-electron chi connectivity index (χ0n) is 7.46. The Morgan fingerprint density at radius 3 is 2.45 bits per heavy atom. The van der Waals surface area contributed by atoms with E-state index in [0.717, 1.165) is 6.42 Å². The van der Waals surface area contributed by atoms with Crippen molar-refractivity contribution < 1.29 is 9.53 Å². The van der Waals surface area contributed by atoms with Gasteiger partial charge >= 0.3 is 5.97 Å². The third kappa shape index (κ3) is 5.64. The van der Waals surface area contributed by atoms with Crippen molar-refractivity contribution >= 4 is 5.97 Å². The molecule has 0 aromatic heterocycles. The van der Waals surface area contributed by atoms with E-state index in [2.05, 4.69) is 20.4 Å². The maximum atomic E-state index is 10.5. The normalized spacial score (nSPS) is 12.7. The summed E-state index contributed by atoms with van der Waals surface area (Å²) in [5.41, 5.74) is 0. The Bertz CT molecular complexity index is 138. The molecule has 0 unspecified atom stereocenters. The third-order valence-electron chi connectivity index (χ3n) is 1.28. The number of ether oxygens (including phenoxy) is 1. The summed E-state index contributed by atoms with van der Waals surface area (Å²) in [4.78, 5) is 10.5. The quantitative estimate of drug-likeness (QED) is 0.460. The van der Waals surface area contributed by atoms with Crippen LogP contribution in [0.3, 0.4) is 0 Å². The molecule has 0 aliphatic rings. The predicted molar refractivity (Wildman–Crippen MR) is 45.2 cm³/mol. The number of hydrogen-bond acceptors (Lipinski definition) is 2. The van der Waals surface area contributed by atoms with E-state index in [1.54, 1.807) is 6.08 Å². The van der Waals surface area contributed by atoms with Crippen LogP contribution in [0, 0.1) is 5.92 Å². The van der Waals surface area contributed by atoms with E-state index in [9.17, 15) is 4.79 Å². The highest BCUT2D eigenvalue weighted by atomic mass is 16.5. The molecular formula is C9H16O2. The second kappa shape index (κ2) is 4.94. The number of hydrogen-bond donors (Lipinski definition) is 0. The van der Waals surface area contributed by atoms with Crippen molar-refractivity contribution in [2.45, 2.75) is 33.3 Å². The molecule has 0 saturated heterocycles. The molecule has 64 valence electrons. The van der Waals surface area contributed by atoms with E-state index in [0.29, 0.717) is 5.92 Å². The lowest BCUT2D eigenvalue weighted by atomic mass is 10.1. The minimum Gasteiger partial charge on any atom is -0.458 e. The molecule has 0 amide bonds. The maximum absolute atomic E-state index is 10.5. The van der Waals surface area contributed by atoms with Crippen LogP contribution < -0.4 is 0 Å². The van der Waals surface area contributed by atoms with Gasteiger partial charge in [-0.2, -0.15) is 0 Å². The SMILES string of the molecule is C=C[C@@H](CC(C)C)OC(C)=O. The Kier molecular flexibility index (Phi) is 4.59. The van der Waals surface area contributed by atoms with Gasteiger partial charge < -0.3 is 4.74 Å². The van der Waals surface area contributed by atoms with Gasteiger partial charge in [0.15, 0.2) is 0 Å². The molecule has 0 aromatic rings. The summed E-state index contributed by atoms with van der Waals surface area (Å²) in [5, 5.41) is 0. The first-order valence-electron chi connectivity index (χ1n) is 3.86. The highest BCUT2D eigenvalue weighted by Crippen LogP contribution is 2.08. The number of carbonyl (C=O) groups excluding carboxylic acids is 1. The Morgan fingerprint density at radius 1 is 1.64 bits per heavy atom. The second-order valence-corrected chi connectivity index (χ2v) is 3.01. The predicted octanol–water partition coefficient (Wildman–Crippen LogP) is 2.15. The van der Waals surface area contributed by atoms with Gasteiger partial charge in [-0.3, -0.25) is 4.79 Å². The molecular weight excluding hydrogens is 140 g/mol. The van der Waals surface area contributed by atoms with Crippen molar-refractivity contribution in [2.24, 2.45) is 5.92 Å². The molecule has 0 fully saturated rings. The first-order chi connectivity index (χ1) is 5.06. The first kappa shape index (κ1) is 10.2. The summed E-state index contributed by atoms with van der Waals surface area (Å²) >= 11 is 0. The lowest BCUT2D eigenvalue weighted by Crippen LogP contribution is -2.15. The highest BCUT2D eigenvalue weighted by Gasteiger charge is 2.08. The van der Waals surface area contributed by atoms with E-state index >= 15 is 0 Å². The lowest BCUT2D eigenvalue weighted by molar-refractivity contribution is -0.144. The Labute approximate surface area is 68.2 Å². The molecule has 2 heteroatoms. The van der Waals surface area contributed by atoms with Gasteiger partial charge in [0.05, 0.1) is 0 Å². The molecule has 1 atom stereocenters. The van der Waals surface area contributed by atoms with Crippen LogP contribution in [-0.2, 0) is 9.53 Å². The molecule has 0 bridgehead atoms. The van der Waals surface area contributed by atoms with Gasteiger partial charge in [-0.15, -0.1) is 0 Å². The molecule has 0 rings (SSSR count). The minimum absolute atomic E-state index is 0.118. The summed E-state index contributed by atoms with van der Waals surface area (Å²) in [6, 6.07) is 0. The molecule has 0 radical (unpaired) electrons. The molecule has 0 N–H and O–H groups in total. The molecule has 11 heavy (non-hydrogen) atoms. The number of esters is 1. The van der Waals surface area contributed by atoms with E-state index < -0.39 is 0 Å². The van der Waals surface area contributed by atoms with Crippen LogP contribution in [0.4, 0.5) is 0 Å². The summed E-state index contributed by atoms with van der Waals surface area (Å²) in [6.45, 7) is 9.17. The van der Waals surface area contributed by atoms with Crippen molar-refractivity contribution in [3.05, 3.63) is 12.7 Å². The third-order valence-corrected chi connectivity index (χ3v) is 1.28. The first-order valence-corrected chi connectivity index (χ1v) is 3.86. The van der Waals surface area contributed by atoms with Crippen molar-refractivity contribution in [1.82, 2.24) is 0 Å². The largest absolute Gasteiger partial charge is 0.458 e. The monoisotopic (exact) mass is 156 g/mol. The number of rotatable bonds is 4. The van der Waals surface area contributed by atoms with Crippen LogP contribution in [0.1, 0.15) is 27.2 Å². The molecule has 0 saturated carbocycles. The van der Waals surface area contributed by atoms with Crippen LogP contribution in [0.5, 0.6) is 0 Å². The van der Waals surface area contributed by atoms with Crippen LogP contribution in [0.25, 0.3) is 0 Å². The minimum atomic E-state index is -0.240. The van der Waals surface area contributed by atoms with Crippen molar-refractivity contribution in [3.63, 3.8) is 0 Å². The van der Waals surface area contributed by atoms with Crippen LogP contribution in [0.15, 0.2) is 12.7 Å². The highest BCUT2D eigenvalue weighted by molar-refractivity contribution is 5.66. The fourth-order valence-electron chi connectivity index (χ4n) is 0.870. The maximum Gasteiger partial charge on any atom is 0.303 e. The van der Waals surface area contributed by atoms with E-state index in [-0.39, 0.29) is 12.1 Å². The summed E-state index contributed by atoms with van der Waals surface area (Å²) < 4.78 is 4.95. The van der Waals surface area contributed by atoms with Crippen LogP contribution >= 0.6 is 0 Å². The van der Waals surface area contributed by atoms with E-state index in [1.165, 1.54) is 6.92 Å². The second-order valence-electron chi connectivity index (χ2n) is 3.01. The zero-order valence-corrected chi connectivity index (χ0v) is 7.46. The summed E-state index contributed by atoms with van der Waals surface area (Å²) in [7, 11) is 0. The van der Waals surface area contributed by atoms with Crippen molar-refractivity contribution in [2.75, 3.05) is 0 Å². The smallest absolute Gasteiger partial charge is 0.303 e. The van der Waals surface area contributed by atoms with Crippen LogP contribution in [-0.4, -0.2) is 12.1 Å². The topological polar surface area (TPSA) is 26.3 Å². The Hall–Kier alpha value is -0.790. The summed E-state index contributed by atoms with van der Waals surface area (Å²) in [6.07, 6.45) is 2.40. The van der Waals surface area contributed by atoms with Gasteiger partial charge in [0.2, 0.25) is 0 Å². The molecule has 2 nitrogen and oxygen atoms in total. The Morgan fingerprint density at radius 2 is 2.18 bits per heavy atom. The van der Waals surface area contributed by atoms with Gasteiger partial charge in [0, 0.05) is 6.92 Å². The number of carbonyl (C=O) groups is 1. The van der Waals surface area contributed by atoms with Gasteiger partial charge in [-0.1, -0.05) is 26.5 Å². The fraction of sp³-hybridized carbons (Fsp3) is 0.667.